The molecule has 0 saturated carbocycles. The molecule has 0 heterocycles. The van der Waals surface area contributed by atoms with Crippen molar-refractivity contribution in [2.24, 2.45) is 0 Å². The fourth-order valence-electron chi connectivity index (χ4n) is 2.43. The number of benzene rings is 1. The molecule has 0 radical (unpaired) electrons. The molecular weight excluding hydrogens is 385 g/mol. The van der Waals surface area contributed by atoms with E-state index in [-0.39, 0.29) is 19.6 Å². The van der Waals surface area contributed by atoms with E-state index in [1.165, 1.54) is 6.92 Å². The molecule has 0 unspecified atom stereocenters. The van der Waals surface area contributed by atoms with Crippen LogP contribution in [0.3, 0.4) is 0 Å². The number of amides is 1. The minimum Gasteiger partial charge on any atom is -0.480 e. The number of carboxylic acids is 1. The van der Waals surface area contributed by atoms with E-state index in [4.69, 9.17) is 13.8 Å². The van der Waals surface area contributed by atoms with Crippen molar-refractivity contribution >= 4 is 25.0 Å². The van der Waals surface area contributed by atoms with Gasteiger partial charge in [-0.05, 0) is 59.2 Å². The molecule has 1 aromatic carbocycles. The lowest BCUT2D eigenvalue weighted by Gasteiger charge is -2.28. The molecule has 0 aliphatic carbocycles. The molecule has 0 bridgehead atoms. The predicted molar refractivity (Wildman–Crippen MR) is 106 cm³/mol. The molecule has 1 atom stereocenters. The molecular formula is C19H30NO7P. The Morgan fingerprint density at radius 3 is 1.93 bits per heavy atom. The predicted octanol–water partition coefficient (Wildman–Crippen LogP) is 3.49. The lowest BCUT2D eigenvalue weighted by Crippen LogP contribution is -2.54. The number of aliphatic carboxylic acids is 1. The van der Waals surface area contributed by atoms with Crippen molar-refractivity contribution < 1.29 is 33.0 Å². The highest BCUT2D eigenvalue weighted by molar-refractivity contribution is 7.62. The van der Waals surface area contributed by atoms with Gasteiger partial charge in [0, 0.05) is 6.42 Å². The summed E-state index contributed by atoms with van der Waals surface area (Å²) in [6, 6.07) is 6.43. The Labute approximate surface area is 166 Å². The average Bonchev–Trinajstić information content (AvgIpc) is 2.53. The first kappa shape index (κ1) is 24.1. The SMILES string of the molecule is CCOP(=O)(OCC)c1ccc(C[C@](C)(NC(=O)OC(C)(C)C)C(=O)O)cc1. The van der Waals surface area contributed by atoms with Crippen molar-refractivity contribution in [2.45, 2.75) is 59.1 Å². The molecule has 9 heteroatoms. The van der Waals surface area contributed by atoms with Gasteiger partial charge >= 0.3 is 19.7 Å². The van der Waals surface area contributed by atoms with E-state index >= 15 is 0 Å². The van der Waals surface area contributed by atoms with Gasteiger partial charge in [-0.15, -0.1) is 0 Å². The molecule has 0 spiro atoms. The van der Waals surface area contributed by atoms with E-state index in [0.29, 0.717) is 10.9 Å². The van der Waals surface area contributed by atoms with Crippen molar-refractivity contribution in [3.8, 4) is 0 Å². The third-order valence-corrected chi connectivity index (χ3v) is 5.78. The van der Waals surface area contributed by atoms with Crippen LogP contribution in [-0.4, -0.2) is 41.5 Å². The maximum atomic E-state index is 12.8. The van der Waals surface area contributed by atoms with Gasteiger partial charge < -0.3 is 24.2 Å². The first-order valence-electron chi connectivity index (χ1n) is 9.08. The van der Waals surface area contributed by atoms with E-state index in [9.17, 15) is 19.3 Å². The number of nitrogens with one attached hydrogen (secondary N) is 1. The zero-order valence-corrected chi connectivity index (χ0v) is 18.2. The maximum absolute atomic E-state index is 12.8. The van der Waals surface area contributed by atoms with Crippen LogP contribution in [0.25, 0.3) is 0 Å². The lowest BCUT2D eigenvalue weighted by atomic mass is 9.93. The average molecular weight is 415 g/mol. The second kappa shape index (κ2) is 9.54. The fraction of sp³-hybridized carbons (Fsp3) is 0.579. The van der Waals surface area contributed by atoms with Crippen molar-refractivity contribution in [3.63, 3.8) is 0 Å². The van der Waals surface area contributed by atoms with Gasteiger partial charge in [-0.3, -0.25) is 4.57 Å². The third kappa shape index (κ3) is 6.93. The molecule has 2 N–H and O–H groups in total. The van der Waals surface area contributed by atoms with Crippen LogP contribution in [0.1, 0.15) is 47.1 Å². The number of rotatable bonds is 9. The van der Waals surface area contributed by atoms with E-state index < -0.39 is 30.8 Å². The number of hydrogen-bond donors (Lipinski definition) is 2. The summed E-state index contributed by atoms with van der Waals surface area (Å²) in [7, 11) is -3.41. The van der Waals surface area contributed by atoms with E-state index in [2.05, 4.69) is 5.32 Å². The topological polar surface area (TPSA) is 111 Å². The Bertz CT molecular complexity index is 717. The number of carbonyl (C=O) groups is 2. The van der Waals surface area contributed by atoms with Gasteiger partial charge in [0.2, 0.25) is 0 Å². The number of alkyl carbamates (subject to hydrolysis) is 1. The molecule has 1 rings (SSSR count). The van der Waals surface area contributed by atoms with Crippen LogP contribution >= 0.6 is 7.60 Å². The molecule has 158 valence electrons. The maximum Gasteiger partial charge on any atom is 0.408 e. The molecule has 0 aliphatic heterocycles. The van der Waals surface area contributed by atoms with Crippen LogP contribution < -0.4 is 10.6 Å². The quantitative estimate of drug-likeness (QED) is 0.594. The monoisotopic (exact) mass is 415 g/mol. The van der Waals surface area contributed by atoms with Gasteiger partial charge in [-0.1, -0.05) is 12.1 Å². The van der Waals surface area contributed by atoms with Crippen LogP contribution in [0, 0.1) is 0 Å². The molecule has 0 saturated heterocycles. The molecule has 0 aliphatic rings. The van der Waals surface area contributed by atoms with Crippen molar-refractivity contribution in [1.29, 1.82) is 0 Å². The van der Waals surface area contributed by atoms with Crippen LogP contribution in [0.5, 0.6) is 0 Å². The molecule has 0 fully saturated rings. The Morgan fingerprint density at radius 1 is 1.04 bits per heavy atom. The van der Waals surface area contributed by atoms with Gasteiger partial charge in [0.15, 0.2) is 0 Å². The highest BCUT2D eigenvalue weighted by Gasteiger charge is 2.37. The summed E-state index contributed by atoms with van der Waals surface area (Å²) in [6.45, 7) is 10.4. The number of carbonyl (C=O) groups excluding carboxylic acids is 1. The standard InChI is InChI=1S/C19H30NO7P/c1-7-25-28(24,26-8-2)15-11-9-14(10-12-15)13-19(6,16(21)22)20-17(23)27-18(3,4)5/h9-12H,7-8,13H2,1-6H3,(H,20,23)(H,21,22)/t19-/m0/s1. The highest BCUT2D eigenvalue weighted by atomic mass is 31.2. The summed E-state index contributed by atoms with van der Waals surface area (Å²) < 4.78 is 28.5. The Balaban J connectivity index is 3.01. The summed E-state index contributed by atoms with van der Waals surface area (Å²) in [5.74, 6) is -1.20. The zero-order valence-electron chi connectivity index (χ0n) is 17.3. The Hall–Kier alpha value is -1.89. The van der Waals surface area contributed by atoms with Crippen molar-refractivity contribution in [1.82, 2.24) is 5.32 Å². The smallest absolute Gasteiger partial charge is 0.408 e. The first-order valence-corrected chi connectivity index (χ1v) is 10.6. The van der Waals surface area contributed by atoms with Crippen molar-refractivity contribution in [2.75, 3.05) is 13.2 Å². The van der Waals surface area contributed by atoms with Crippen LogP contribution in [0.15, 0.2) is 24.3 Å². The molecule has 0 aromatic heterocycles. The molecule has 8 nitrogen and oxygen atoms in total. The molecule has 28 heavy (non-hydrogen) atoms. The first-order chi connectivity index (χ1) is 12.8. The fourth-order valence-corrected chi connectivity index (χ4v) is 4.00. The molecule has 1 amide bonds. The highest BCUT2D eigenvalue weighted by Crippen LogP contribution is 2.46. The van der Waals surface area contributed by atoms with Crippen LogP contribution in [-0.2, 0) is 29.6 Å². The van der Waals surface area contributed by atoms with Gasteiger partial charge in [0.25, 0.3) is 0 Å². The van der Waals surface area contributed by atoms with Crippen molar-refractivity contribution in [3.05, 3.63) is 29.8 Å². The summed E-state index contributed by atoms with van der Waals surface area (Å²) in [4.78, 5) is 23.8. The largest absolute Gasteiger partial charge is 0.480 e. The summed E-state index contributed by atoms with van der Waals surface area (Å²) >= 11 is 0. The Morgan fingerprint density at radius 2 is 1.54 bits per heavy atom. The van der Waals surface area contributed by atoms with E-state index in [1.807, 2.05) is 0 Å². The van der Waals surface area contributed by atoms with Gasteiger partial charge in [0.1, 0.15) is 11.1 Å². The zero-order chi connectivity index (χ0) is 21.6. The number of hydrogen-bond acceptors (Lipinski definition) is 6. The third-order valence-electron chi connectivity index (χ3n) is 3.66. The second-order valence-corrected chi connectivity index (χ2v) is 9.47. The minimum absolute atomic E-state index is 0.00935. The Kier molecular flexibility index (Phi) is 8.23. The number of ether oxygens (including phenoxy) is 1. The normalized spacial score (nSPS) is 14.2. The van der Waals surface area contributed by atoms with E-state index in [1.54, 1.807) is 58.9 Å². The summed E-state index contributed by atoms with van der Waals surface area (Å²) in [5.41, 5.74) is -1.69. The second-order valence-electron chi connectivity index (χ2n) is 7.44. The lowest BCUT2D eigenvalue weighted by molar-refractivity contribution is -0.144. The van der Waals surface area contributed by atoms with Gasteiger partial charge in [-0.25, -0.2) is 9.59 Å². The van der Waals surface area contributed by atoms with E-state index in [0.717, 1.165) is 0 Å². The summed E-state index contributed by atoms with van der Waals surface area (Å²) in [6.07, 6.45) is -0.804. The van der Waals surface area contributed by atoms with Gasteiger partial charge in [0.05, 0.1) is 18.5 Å². The molecule has 1 aromatic rings. The number of carboxylic acid groups (broad SMARTS) is 1. The van der Waals surface area contributed by atoms with Crippen LogP contribution in [0.4, 0.5) is 4.79 Å². The van der Waals surface area contributed by atoms with Crippen LogP contribution in [0.2, 0.25) is 0 Å². The van der Waals surface area contributed by atoms with Gasteiger partial charge in [-0.2, -0.15) is 0 Å². The minimum atomic E-state index is -3.41. The summed E-state index contributed by atoms with van der Waals surface area (Å²) in [5, 5.41) is 12.4.